The van der Waals surface area contributed by atoms with Crippen molar-refractivity contribution in [3.8, 4) is 0 Å². The third-order valence-electron chi connectivity index (χ3n) is 2.59. The Morgan fingerprint density at radius 2 is 2.14 bits per heavy atom. The van der Waals surface area contributed by atoms with Crippen molar-refractivity contribution in [2.75, 3.05) is 5.32 Å². The van der Waals surface area contributed by atoms with Crippen molar-refractivity contribution in [3.05, 3.63) is 24.1 Å². The summed E-state index contributed by atoms with van der Waals surface area (Å²) < 4.78 is 12.7. The van der Waals surface area contributed by atoms with Gasteiger partial charge < -0.3 is 5.32 Å². The van der Waals surface area contributed by atoms with Crippen molar-refractivity contribution in [1.29, 1.82) is 0 Å². The molecule has 1 rings (SSSR count). The minimum Gasteiger partial charge on any atom is -0.367 e. The smallest absolute Gasteiger partial charge is 0.214 e. The molecule has 2 nitrogen and oxygen atoms in total. The van der Waals surface area contributed by atoms with Gasteiger partial charge in [0.25, 0.3) is 0 Å². The molecule has 0 amide bonds. The van der Waals surface area contributed by atoms with Crippen LogP contribution < -0.4 is 5.32 Å². The van der Waals surface area contributed by atoms with Crippen molar-refractivity contribution in [2.24, 2.45) is 5.92 Å². The number of pyridine rings is 1. The molecule has 0 saturated carbocycles. The van der Waals surface area contributed by atoms with Crippen LogP contribution in [0.5, 0.6) is 0 Å². The molecule has 2 atom stereocenters. The summed E-state index contributed by atoms with van der Waals surface area (Å²) in [4.78, 5) is 3.75. The summed E-state index contributed by atoms with van der Waals surface area (Å²) in [5, 5.41) is 3.18. The normalized spacial score (nSPS) is 14.9. The second kappa shape index (κ2) is 4.94. The number of hydrogen-bond donors (Lipinski definition) is 1. The van der Waals surface area contributed by atoms with Crippen molar-refractivity contribution in [2.45, 2.75) is 33.2 Å². The molecule has 0 spiro atoms. The summed E-state index contributed by atoms with van der Waals surface area (Å²) in [5.74, 6) is 0.726. The average Bonchev–Trinajstić information content (AvgIpc) is 2.16. The first-order valence-corrected chi connectivity index (χ1v) is 5.02. The topological polar surface area (TPSA) is 24.9 Å². The maximum Gasteiger partial charge on any atom is 0.214 e. The Kier molecular flexibility index (Phi) is 3.86. The van der Waals surface area contributed by atoms with Crippen LogP contribution in [0.3, 0.4) is 0 Å². The zero-order chi connectivity index (χ0) is 10.6. The first-order valence-electron chi connectivity index (χ1n) is 5.02. The number of aromatic nitrogens is 1. The molecule has 78 valence electrons. The van der Waals surface area contributed by atoms with E-state index in [0.717, 1.165) is 6.42 Å². The molecule has 0 radical (unpaired) electrons. The molecule has 1 aromatic heterocycles. The van der Waals surface area contributed by atoms with Crippen molar-refractivity contribution >= 4 is 5.82 Å². The number of halogens is 1. The number of nitrogens with zero attached hydrogens (tertiary/aromatic N) is 1. The zero-order valence-corrected chi connectivity index (χ0v) is 8.92. The van der Waals surface area contributed by atoms with Crippen LogP contribution in [0.15, 0.2) is 18.2 Å². The molecule has 0 bridgehead atoms. The second-order valence-electron chi connectivity index (χ2n) is 3.66. The van der Waals surface area contributed by atoms with Crippen LogP contribution in [0, 0.1) is 11.9 Å². The minimum absolute atomic E-state index is 0.314. The third kappa shape index (κ3) is 2.98. The highest BCUT2D eigenvalue weighted by molar-refractivity contribution is 5.34. The van der Waals surface area contributed by atoms with E-state index in [-0.39, 0.29) is 0 Å². The summed E-state index contributed by atoms with van der Waals surface area (Å²) in [7, 11) is 0. The Labute approximate surface area is 84.6 Å². The molecule has 14 heavy (non-hydrogen) atoms. The van der Waals surface area contributed by atoms with Crippen LogP contribution >= 0.6 is 0 Å². The summed E-state index contributed by atoms with van der Waals surface area (Å²) in [6.07, 6.45) is 1.10. The van der Waals surface area contributed by atoms with Gasteiger partial charge in [0.1, 0.15) is 5.82 Å². The predicted molar refractivity (Wildman–Crippen MR) is 56.7 cm³/mol. The Morgan fingerprint density at radius 1 is 1.43 bits per heavy atom. The molecule has 0 aliphatic rings. The molecular weight excluding hydrogens is 179 g/mol. The molecule has 1 aromatic rings. The standard InChI is InChI=1S/C11H17FN2/c1-4-8(2)9(3)13-11-7-5-6-10(12)14-11/h5-9H,4H2,1-3H3,(H,13,14)/t8-,9+/m0/s1. The van der Waals surface area contributed by atoms with Gasteiger partial charge in [0.05, 0.1) is 0 Å². The monoisotopic (exact) mass is 196 g/mol. The van der Waals surface area contributed by atoms with E-state index in [4.69, 9.17) is 0 Å². The van der Waals surface area contributed by atoms with E-state index in [1.807, 2.05) is 0 Å². The molecule has 3 heteroatoms. The predicted octanol–water partition coefficient (Wildman–Crippen LogP) is 3.07. The molecule has 0 saturated heterocycles. The van der Waals surface area contributed by atoms with E-state index in [2.05, 4.69) is 31.1 Å². The fourth-order valence-corrected chi connectivity index (χ4v) is 1.22. The van der Waals surface area contributed by atoms with E-state index in [1.165, 1.54) is 6.07 Å². The average molecular weight is 196 g/mol. The van der Waals surface area contributed by atoms with Crippen molar-refractivity contribution in [1.82, 2.24) is 4.98 Å². The number of hydrogen-bond acceptors (Lipinski definition) is 2. The van der Waals surface area contributed by atoms with Gasteiger partial charge >= 0.3 is 0 Å². The van der Waals surface area contributed by atoms with Crippen LogP contribution in [0.25, 0.3) is 0 Å². The molecular formula is C11H17FN2. The molecule has 1 N–H and O–H groups in total. The zero-order valence-electron chi connectivity index (χ0n) is 8.92. The van der Waals surface area contributed by atoms with Gasteiger partial charge in [-0.15, -0.1) is 0 Å². The SMILES string of the molecule is CC[C@H](C)[C@@H](C)Nc1cccc(F)n1. The molecule has 0 fully saturated rings. The number of nitrogens with one attached hydrogen (secondary N) is 1. The van der Waals surface area contributed by atoms with Crippen molar-refractivity contribution < 1.29 is 4.39 Å². The lowest BCUT2D eigenvalue weighted by atomic mass is 10.0. The maximum absolute atomic E-state index is 12.7. The van der Waals surface area contributed by atoms with Crippen molar-refractivity contribution in [3.63, 3.8) is 0 Å². The van der Waals surface area contributed by atoms with Gasteiger partial charge in [0, 0.05) is 6.04 Å². The molecule has 1 heterocycles. The Morgan fingerprint density at radius 3 is 2.71 bits per heavy atom. The van der Waals surface area contributed by atoms with Gasteiger partial charge in [0.2, 0.25) is 5.95 Å². The van der Waals surface area contributed by atoms with E-state index < -0.39 is 5.95 Å². The van der Waals surface area contributed by atoms with Gasteiger partial charge in [0.15, 0.2) is 0 Å². The lowest BCUT2D eigenvalue weighted by Crippen LogP contribution is -2.23. The second-order valence-corrected chi connectivity index (χ2v) is 3.66. The molecule has 0 aliphatic heterocycles. The van der Waals surface area contributed by atoms with E-state index in [9.17, 15) is 4.39 Å². The lowest BCUT2D eigenvalue weighted by Gasteiger charge is -2.20. The van der Waals surface area contributed by atoms with Gasteiger partial charge in [-0.1, -0.05) is 26.3 Å². The number of rotatable bonds is 4. The summed E-state index contributed by atoms with van der Waals surface area (Å²) >= 11 is 0. The largest absolute Gasteiger partial charge is 0.367 e. The van der Waals surface area contributed by atoms with Gasteiger partial charge in [-0.05, 0) is 25.0 Å². The number of anilines is 1. The Hall–Kier alpha value is -1.12. The van der Waals surface area contributed by atoms with Crippen LogP contribution in [-0.4, -0.2) is 11.0 Å². The third-order valence-corrected chi connectivity index (χ3v) is 2.59. The fraction of sp³-hybridized carbons (Fsp3) is 0.545. The first kappa shape index (κ1) is 11.0. The summed E-state index contributed by atoms with van der Waals surface area (Å²) in [5.41, 5.74) is 0. The van der Waals surface area contributed by atoms with E-state index >= 15 is 0 Å². The van der Waals surface area contributed by atoms with Gasteiger partial charge in [-0.2, -0.15) is 4.39 Å². The van der Waals surface area contributed by atoms with Gasteiger partial charge in [-0.3, -0.25) is 0 Å². The molecule has 0 aliphatic carbocycles. The summed E-state index contributed by atoms with van der Waals surface area (Å²) in [6, 6.07) is 5.10. The van der Waals surface area contributed by atoms with Crippen LogP contribution in [-0.2, 0) is 0 Å². The maximum atomic E-state index is 12.7. The molecule has 0 aromatic carbocycles. The molecule has 0 unspecified atom stereocenters. The fourth-order valence-electron chi connectivity index (χ4n) is 1.22. The Balaban J connectivity index is 2.60. The highest BCUT2D eigenvalue weighted by Crippen LogP contribution is 2.12. The first-order chi connectivity index (χ1) is 6.63. The minimum atomic E-state index is -0.439. The summed E-state index contributed by atoms with van der Waals surface area (Å²) in [6.45, 7) is 6.39. The van der Waals surface area contributed by atoms with E-state index in [0.29, 0.717) is 17.8 Å². The van der Waals surface area contributed by atoms with Crippen LogP contribution in [0.2, 0.25) is 0 Å². The van der Waals surface area contributed by atoms with Crippen LogP contribution in [0.1, 0.15) is 27.2 Å². The highest BCUT2D eigenvalue weighted by Gasteiger charge is 2.10. The Bertz CT molecular complexity index is 288. The van der Waals surface area contributed by atoms with Gasteiger partial charge in [-0.25, -0.2) is 4.98 Å². The van der Waals surface area contributed by atoms with Crippen LogP contribution in [0.4, 0.5) is 10.2 Å². The highest BCUT2D eigenvalue weighted by atomic mass is 19.1. The quantitative estimate of drug-likeness (QED) is 0.748. The lowest BCUT2D eigenvalue weighted by molar-refractivity contribution is 0.492. The van der Waals surface area contributed by atoms with E-state index in [1.54, 1.807) is 12.1 Å².